The van der Waals surface area contributed by atoms with E-state index in [1.54, 1.807) is 0 Å². The third kappa shape index (κ3) is 3.61. The molecule has 3 nitrogen and oxygen atoms in total. The molecule has 0 amide bonds. The van der Waals surface area contributed by atoms with Gasteiger partial charge in [-0.1, -0.05) is 28.1 Å². The van der Waals surface area contributed by atoms with Crippen molar-refractivity contribution in [3.05, 3.63) is 34.3 Å². The molecule has 1 fully saturated rings. The molecule has 0 aromatic heterocycles. The molecule has 1 N–H and O–H groups in total. The highest BCUT2D eigenvalue weighted by molar-refractivity contribution is 9.10. The zero-order valence-corrected chi connectivity index (χ0v) is 13.7. The molecule has 0 radical (unpaired) electrons. The monoisotopic (exact) mass is 339 g/mol. The lowest BCUT2D eigenvalue weighted by Gasteiger charge is -2.39. The first kappa shape index (κ1) is 15.5. The van der Waals surface area contributed by atoms with Gasteiger partial charge in [-0.05, 0) is 56.8 Å². The molecule has 1 aliphatic heterocycles. The summed E-state index contributed by atoms with van der Waals surface area (Å²) in [6.07, 6.45) is 2.09. The van der Waals surface area contributed by atoms with Gasteiger partial charge in [0.25, 0.3) is 0 Å². The lowest BCUT2D eigenvalue weighted by molar-refractivity contribution is -0.151. The summed E-state index contributed by atoms with van der Waals surface area (Å²) in [7, 11) is 0. The molecule has 1 saturated heterocycles. The van der Waals surface area contributed by atoms with Gasteiger partial charge in [0.2, 0.25) is 0 Å². The largest absolute Gasteiger partial charge is 0.481 e. The van der Waals surface area contributed by atoms with E-state index >= 15 is 0 Å². The van der Waals surface area contributed by atoms with Crippen LogP contribution in [0, 0.1) is 11.3 Å². The Morgan fingerprint density at radius 2 is 2.25 bits per heavy atom. The van der Waals surface area contributed by atoms with Crippen LogP contribution in [0.5, 0.6) is 0 Å². The fourth-order valence-electron chi connectivity index (χ4n) is 2.86. The molecule has 1 aliphatic rings. The minimum absolute atomic E-state index is 0.223. The van der Waals surface area contributed by atoms with E-state index in [-0.39, 0.29) is 5.92 Å². The van der Waals surface area contributed by atoms with Gasteiger partial charge in [-0.25, -0.2) is 0 Å². The molecule has 0 bridgehead atoms. The normalized spacial score (nSPS) is 20.9. The highest BCUT2D eigenvalue weighted by atomic mass is 79.9. The summed E-state index contributed by atoms with van der Waals surface area (Å²) < 4.78 is 1.09. The molecule has 20 heavy (non-hydrogen) atoms. The first-order valence-electron chi connectivity index (χ1n) is 7.10. The van der Waals surface area contributed by atoms with Crippen molar-refractivity contribution in [2.45, 2.75) is 33.2 Å². The lowest BCUT2D eigenvalue weighted by atomic mass is 9.74. The maximum absolute atomic E-state index is 11.4. The number of benzene rings is 1. The summed E-state index contributed by atoms with van der Waals surface area (Å²) in [5.74, 6) is -0.465. The van der Waals surface area contributed by atoms with E-state index in [9.17, 15) is 9.90 Å². The number of carboxylic acids is 1. The van der Waals surface area contributed by atoms with E-state index < -0.39 is 11.4 Å². The van der Waals surface area contributed by atoms with Crippen molar-refractivity contribution in [3.63, 3.8) is 0 Å². The van der Waals surface area contributed by atoms with Gasteiger partial charge in [0, 0.05) is 17.6 Å². The number of aliphatic carboxylic acids is 1. The Hall–Kier alpha value is -0.870. The topological polar surface area (TPSA) is 40.5 Å². The van der Waals surface area contributed by atoms with Crippen molar-refractivity contribution in [2.75, 3.05) is 13.1 Å². The van der Waals surface area contributed by atoms with Crippen molar-refractivity contribution in [1.29, 1.82) is 0 Å². The van der Waals surface area contributed by atoms with E-state index in [1.165, 1.54) is 5.56 Å². The zero-order valence-electron chi connectivity index (χ0n) is 12.1. The second kappa shape index (κ2) is 6.27. The highest BCUT2D eigenvalue weighted by Crippen LogP contribution is 2.34. The first-order valence-corrected chi connectivity index (χ1v) is 7.89. The van der Waals surface area contributed by atoms with Gasteiger partial charge in [-0.3, -0.25) is 9.69 Å². The van der Waals surface area contributed by atoms with Crippen LogP contribution < -0.4 is 0 Å². The summed E-state index contributed by atoms with van der Waals surface area (Å²) >= 11 is 3.49. The summed E-state index contributed by atoms with van der Waals surface area (Å²) in [5.41, 5.74) is 0.629. The lowest BCUT2D eigenvalue weighted by Crippen LogP contribution is -2.44. The van der Waals surface area contributed by atoms with Crippen LogP contribution in [0.4, 0.5) is 0 Å². The molecule has 0 saturated carbocycles. The average Bonchev–Trinajstić information content (AvgIpc) is 2.39. The zero-order chi connectivity index (χ0) is 14.8. The Morgan fingerprint density at radius 3 is 2.90 bits per heavy atom. The Morgan fingerprint density at radius 1 is 1.50 bits per heavy atom. The van der Waals surface area contributed by atoms with E-state index in [4.69, 9.17) is 0 Å². The van der Waals surface area contributed by atoms with Crippen molar-refractivity contribution in [3.8, 4) is 0 Å². The number of carboxylic acid groups (broad SMARTS) is 1. The van der Waals surface area contributed by atoms with Crippen LogP contribution in [-0.2, 0) is 11.3 Å². The SMILES string of the molecule is CC(C)(C(=O)O)C1CCCN(Cc2cccc(Br)c2)C1. The molecular formula is C16H22BrNO2. The van der Waals surface area contributed by atoms with Gasteiger partial charge in [-0.2, -0.15) is 0 Å². The molecule has 1 aromatic carbocycles. The molecule has 1 aromatic rings. The van der Waals surface area contributed by atoms with Crippen LogP contribution in [-0.4, -0.2) is 29.1 Å². The Labute approximate surface area is 129 Å². The molecule has 1 heterocycles. The standard InChI is InChI=1S/C16H22BrNO2/c1-16(2,15(19)20)13-6-4-8-18(11-13)10-12-5-3-7-14(17)9-12/h3,5,7,9,13H,4,6,8,10-11H2,1-2H3,(H,19,20). The number of carbonyl (C=O) groups is 1. The number of piperidine rings is 1. The van der Waals surface area contributed by atoms with Gasteiger partial charge in [0.05, 0.1) is 5.41 Å². The Kier molecular flexibility index (Phi) is 4.86. The second-order valence-corrected chi connectivity index (χ2v) is 7.15. The number of hydrogen-bond donors (Lipinski definition) is 1. The fraction of sp³-hybridized carbons (Fsp3) is 0.562. The van der Waals surface area contributed by atoms with Crippen LogP contribution in [0.25, 0.3) is 0 Å². The minimum atomic E-state index is -0.688. The quantitative estimate of drug-likeness (QED) is 0.907. The van der Waals surface area contributed by atoms with Crippen LogP contribution in [0.15, 0.2) is 28.7 Å². The van der Waals surface area contributed by atoms with Crippen molar-refractivity contribution in [1.82, 2.24) is 4.90 Å². The molecule has 2 rings (SSSR count). The summed E-state index contributed by atoms with van der Waals surface area (Å²) in [6.45, 7) is 6.52. The molecule has 0 spiro atoms. The predicted octanol–water partition coefficient (Wildman–Crippen LogP) is 3.77. The Balaban J connectivity index is 2.02. The molecule has 4 heteroatoms. The van der Waals surface area contributed by atoms with Gasteiger partial charge >= 0.3 is 5.97 Å². The number of halogens is 1. The summed E-state index contributed by atoms with van der Waals surface area (Å²) in [6, 6.07) is 8.32. The highest BCUT2D eigenvalue weighted by Gasteiger charge is 2.38. The fourth-order valence-corrected chi connectivity index (χ4v) is 3.30. The van der Waals surface area contributed by atoms with Crippen LogP contribution >= 0.6 is 15.9 Å². The summed E-state index contributed by atoms with van der Waals surface area (Å²) in [5, 5.41) is 9.38. The van der Waals surface area contributed by atoms with Gasteiger partial charge in [-0.15, -0.1) is 0 Å². The van der Waals surface area contributed by atoms with E-state index in [1.807, 2.05) is 26.0 Å². The average molecular weight is 340 g/mol. The maximum Gasteiger partial charge on any atom is 0.309 e. The molecule has 110 valence electrons. The Bertz CT molecular complexity index is 487. The van der Waals surface area contributed by atoms with E-state index in [2.05, 4.69) is 33.0 Å². The van der Waals surface area contributed by atoms with E-state index in [0.717, 1.165) is 36.9 Å². The number of hydrogen-bond acceptors (Lipinski definition) is 2. The maximum atomic E-state index is 11.4. The minimum Gasteiger partial charge on any atom is -0.481 e. The molecular weight excluding hydrogens is 318 g/mol. The molecule has 0 aliphatic carbocycles. The van der Waals surface area contributed by atoms with Crippen molar-refractivity contribution >= 4 is 21.9 Å². The van der Waals surface area contributed by atoms with Gasteiger partial charge < -0.3 is 5.11 Å². The molecule has 1 unspecified atom stereocenters. The second-order valence-electron chi connectivity index (χ2n) is 6.23. The first-order chi connectivity index (χ1) is 9.39. The van der Waals surface area contributed by atoms with Crippen molar-refractivity contribution < 1.29 is 9.90 Å². The third-order valence-corrected chi connectivity index (χ3v) is 4.87. The number of nitrogens with zero attached hydrogens (tertiary/aromatic N) is 1. The number of likely N-dealkylation sites (tertiary alicyclic amines) is 1. The van der Waals surface area contributed by atoms with Crippen LogP contribution in [0.1, 0.15) is 32.3 Å². The van der Waals surface area contributed by atoms with Crippen molar-refractivity contribution in [2.24, 2.45) is 11.3 Å². The van der Waals surface area contributed by atoms with Crippen LogP contribution in [0.2, 0.25) is 0 Å². The van der Waals surface area contributed by atoms with Crippen LogP contribution in [0.3, 0.4) is 0 Å². The predicted molar refractivity (Wildman–Crippen MR) is 83.6 cm³/mol. The number of rotatable bonds is 4. The van der Waals surface area contributed by atoms with Gasteiger partial charge in [0.15, 0.2) is 0 Å². The summed E-state index contributed by atoms with van der Waals surface area (Å²) in [4.78, 5) is 13.8. The third-order valence-electron chi connectivity index (χ3n) is 4.37. The van der Waals surface area contributed by atoms with E-state index in [0.29, 0.717) is 0 Å². The molecule has 1 atom stereocenters. The smallest absolute Gasteiger partial charge is 0.309 e. The van der Waals surface area contributed by atoms with Gasteiger partial charge in [0.1, 0.15) is 0 Å².